The lowest BCUT2D eigenvalue weighted by molar-refractivity contribution is -0.125. The van der Waals surface area contributed by atoms with Crippen molar-refractivity contribution in [2.45, 2.75) is 103 Å². The van der Waals surface area contributed by atoms with Crippen molar-refractivity contribution in [1.29, 1.82) is 0 Å². The maximum absolute atomic E-state index is 11.6. The number of carbonyl (C=O) groups is 1. The maximum atomic E-state index is 11.6. The van der Waals surface area contributed by atoms with E-state index in [-0.39, 0.29) is 11.1 Å². The van der Waals surface area contributed by atoms with E-state index >= 15 is 0 Å². The Kier molecular flexibility index (Phi) is 7.37. The molecule has 1 fully saturated rings. The highest BCUT2D eigenvalue weighted by molar-refractivity contribution is 5.48. The lowest BCUT2D eigenvalue weighted by Crippen LogP contribution is -2.62. The lowest BCUT2D eigenvalue weighted by Gasteiger charge is -2.55. The van der Waals surface area contributed by atoms with Gasteiger partial charge in [-0.3, -0.25) is 9.69 Å². The van der Waals surface area contributed by atoms with Gasteiger partial charge in [0.15, 0.2) is 0 Å². The van der Waals surface area contributed by atoms with E-state index < -0.39 is 0 Å². The largest absolute Gasteiger partial charge is 0.342 e. The Morgan fingerprint density at radius 1 is 1.00 bits per heavy atom. The van der Waals surface area contributed by atoms with Crippen LogP contribution >= 0.6 is 0 Å². The zero-order valence-electron chi connectivity index (χ0n) is 15.8. The first-order valence-electron chi connectivity index (χ1n) is 9.19. The van der Waals surface area contributed by atoms with Crippen LogP contribution in [-0.2, 0) is 4.79 Å². The number of hydrogen-bond donors (Lipinski definition) is 0. The number of unbranched alkanes of at least 4 members (excludes halogenated alkanes) is 5. The molecule has 1 aliphatic heterocycles. The van der Waals surface area contributed by atoms with E-state index in [2.05, 4.69) is 51.5 Å². The predicted molar refractivity (Wildman–Crippen MR) is 95.1 cm³/mol. The van der Waals surface area contributed by atoms with Crippen LogP contribution < -0.4 is 0 Å². The van der Waals surface area contributed by atoms with E-state index in [1.807, 2.05) is 0 Å². The first-order valence-corrected chi connectivity index (χ1v) is 9.19. The fourth-order valence-electron chi connectivity index (χ4n) is 3.95. The topological polar surface area (TPSA) is 23.6 Å². The van der Waals surface area contributed by atoms with Crippen LogP contribution in [0.1, 0.15) is 86.0 Å². The number of nitrogens with zero attached hydrogens (tertiary/aromatic N) is 2. The highest BCUT2D eigenvalue weighted by Crippen LogP contribution is 2.38. The van der Waals surface area contributed by atoms with Crippen LogP contribution in [0.4, 0.5) is 0 Å². The second kappa shape index (κ2) is 8.33. The second-order valence-corrected chi connectivity index (χ2v) is 8.36. The van der Waals surface area contributed by atoms with Crippen LogP contribution in [0.15, 0.2) is 0 Å². The zero-order valence-corrected chi connectivity index (χ0v) is 15.8. The van der Waals surface area contributed by atoms with Crippen LogP contribution in [0.2, 0.25) is 0 Å². The predicted octanol–water partition coefficient (Wildman–Crippen LogP) is 4.46. The first-order chi connectivity index (χ1) is 10.2. The molecule has 0 N–H and O–H groups in total. The normalized spacial score (nSPS) is 21.7. The van der Waals surface area contributed by atoms with Gasteiger partial charge in [0.2, 0.25) is 6.41 Å². The Hall–Kier alpha value is -0.570. The molecular formula is C19H38N2O. The molecule has 3 nitrogen and oxygen atoms in total. The van der Waals surface area contributed by atoms with Gasteiger partial charge in [0.1, 0.15) is 0 Å². The standard InChI is InChI=1S/C19H38N2O/c1-7-8-9-10-11-12-13-21(16-22)17-14-18(2,3)20(6)19(4,5)15-17/h16-17H,7-15H2,1-6H3. The third-order valence-corrected chi connectivity index (χ3v) is 5.66. The number of amides is 1. The molecule has 0 saturated carbocycles. The molecular weight excluding hydrogens is 272 g/mol. The molecule has 1 rings (SSSR count). The van der Waals surface area contributed by atoms with Gasteiger partial charge in [0, 0.05) is 23.7 Å². The van der Waals surface area contributed by atoms with Crippen LogP contribution in [0, 0.1) is 0 Å². The van der Waals surface area contributed by atoms with Gasteiger partial charge >= 0.3 is 0 Å². The summed E-state index contributed by atoms with van der Waals surface area (Å²) in [6.45, 7) is 12.4. The minimum absolute atomic E-state index is 0.148. The molecule has 22 heavy (non-hydrogen) atoms. The summed E-state index contributed by atoms with van der Waals surface area (Å²) in [4.78, 5) is 16.1. The van der Waals surface area contributed by atoms with Crippen LogP contribution in [0.5, 0.6) is 0 Å². The van der Waals surface area contributed by atoms with Gasteiger partial charge in [0.25, 0.3) is 0 Å². The molecule has 0 radical (unpaired) electrons. The van der Waals surface area contributed by atoms with E-state index in [1.54, 1.807) is 0 Å². The summed E-state index contributed by atoms with van der Waals surface area (Å²) in [6, 6.07) is 0.384. The molecule has 0 aromatic carbocycles. The molecule has 1 aliphatic rings. The third kappa shape index (κ3) is 5.26. The highest BCUT2D eigenvalue weighted by Gasteiger charge is 2.44. The maximum Gasteiger partial charge on any atom is 0.209 e. The molecule has 1 saturated heterocycles. The van der Waals surface area contributed by atoms with Gasteiger partial charge in [-0.05, 0) is 54.0 Å². The SMILES string of the molecule is CCCCCCCCN(C=O)C1CC(C)(C)N(C)C(C)(C)C1. The Labute approximate surface area is 138 Å². The van der Waals surface area contributed by atoms with Gasteiger partial charge in [-0.2, -0.15) is 0 Å². The zero-order chi connectivity index (χ0) is 16.8. The average Bonchev–Trinajstić information content (AvgIpc) is 2.43. The monoisotopic (exact) mass is 310 g/mol. The van der Waals surface area contributed by atoms with Crippen LogP contribution in [-0.4, -0.2) is 46.9 Å². The lowest BCUT2D eigenvalue weighted by atomic mass is 9.77. The Morgan fingerprint density at radius 2 is 1.50 bits per heavy atom. The Balaban J connectivity index is 2.50. The van der Waals surface area contributed by atoms with E-state index in [4.69, 9.17) is 0 Å². The molecule has 0 atom stereocenters. The quantitative estimate of drug-likeness (QED) is 0.464. The fourth-order valence-corrected chi connectivity index (χ4v) is 3.95. The second-order valence-electron chi connectivity index (χ2n) is 8.36. The minimum atomic E-state index is 0.148. The molecule has 0 aromatic rings. The van der Waals surface area contributed by atoms with Crippen molar-refractivity contribution in [2.24, 2.45) is 0 Å². The molecule has 1 heterocycles. The summed E-state index contributed by atoms with van der Waals surface area (Å²) in [5.41, 5.74) is 0.295. The molecule has 0 bridgehead atoms. The van der Waals surface area contributed by atoms with Crippen molar-refractivity contribution in [3.63, 3.8) is 0 Å². The number of piperidine rings is 1. The van der Waals surface area contributed by atoms with Gasteiger partial charge in [-0.1, -0.05) is 39.0 Å². The molecule has 0 aliphatic carbocycles. The Bertz CT molecular complexity index is 320. The third-order valence-electron chi connectivity index (χ3n) is 5.66. The summed E-state index contributed by atoms with van der Waals surface area (Å²) >= 11 is 0. The van der Waals surface area contributed by atoms with Gasteiger partial charge in [-0.25, -0.2) is 0 Å². The van der Waals surface area contributed by atoms with Crippen molar-refractivity contribution in [1.82, 2.24) is 9.80 Å². The van der Waals surface area contributed by atoms with Crippen molar-refractivity contribution in [3.8, 4) is 0 Å². The number of carbonyl (C=O) groups excluding carboxylic acids is 1. The van der Waals surface area contributed by atoms with Crippen molar-refractivity contribution in [2.75, 3.05) is 13.6 Å². The highest BCUT2D eigenvalue weighted by atomic mass is 16.1. The summed E-state index contributed by atoms with van der Waals surface area (Å²) < 4.78 is 0. The Morgan fingerprint density at radius 3 is 2.00 bits per heavy atom. The van der Waals surface area contributed by atoms with Crippen molar-refractivity contribution >= 4 is 6.41 Å². The summed E-state index contributed by atoms with van der Waals surface area (Å²) in [5, 5.41) is 0. The first kappa shape index (κ1) is 19.5. The molecule has 0 aromatic heterocycles. The number of rotatable bonds is 9. The summed E-state index contributed by atoms with van der Waals surface area (Å²) in [7, 11) is 2.22. The van der Waals surface area contributed by atoms with Gasteiger partial charge in [-0.15, -0.1) is 0 Å². The minimum Gasteiger partial charge on any atom is -0.342 e. The molecule has 3 heteroatoms. The van der Waals surface area contributed by atoms with E-state index in [1.165, 1.54) is 32.1 Å². The molecule has 0 unspecified atom stereocenters. The van der Waals surface area contributed by atoms with Crippen molar-refractivity contribution < 1.29 is 4.79 Å². The molecule has 130 valence electrons. The molecule has 0 spiro atoms. The smallest absolute Gasteiger partial charge is 0.209 e. The molecule has 1 amide bonds. The van der Waals surface area contributed by atoms with E-state index in [0.717, 1.165) is 32.2 Å². The van der Waals surface area contributed by atoms with E-state index in [9.17, 15) is 4.79 Å². The summed E-state index contributed by atoms with van der Waals surface area (Å²) in [6.07, 6.45) is 10.9. The summed E-state index contributed by atoms with van der Waals surface area (Å²) in [5.74, 6) is 0. The average molecular weight is 311 g/mol. The van der Waals surface area contributed by atoms with Gasteiger partial charge < -0.3 is 4.90 Å². The number of hydrogen-bond acceptors (Lipinski definition) is 2. The van der Waals surface area contributed by atoms with Crippen LogP contribution in [0.3, 0.4) is 0 Å². The van der Waals surface area contributed by atoms with Gasteiger partial charge in [0.05, 0.1) is 0 Å². The van der Waals surface area contributed by atoms with E-state index in [0.29, 0.717) is 6.04 Å². The van der Waals surface area contributed by atoms with Crippen molar-refractivity contribution in [3.05, 3.63) is 0 Å². The fraction of sp³-hybridized carbons (Fsp3) is 0.947. The van der Waals surface area contributed by atoms with Crippen LogP contribution in [0.25, 0.3) is 0 Å². The number of likely N-dealkylation sites (tertiary alicyclic amines) is 1.